The molecule has 0 bridgehead atoms. The van der Waals surface area contributed by atoms with Crippen molar-refractivity contribution in [3.8, 4) is 0 Å². The van der Waals surface area contributed by atoms with E-state index in [9.17, 15) is 0 Å². The minimum Gasteiger partial charge on any atom is -0.294 e. The lowest BCUT2D eigenvalue weighted by Gasteiger charge is -2.22. The van der Waals surface area contributed by atoms with Gasteiger partial charge < -0.3 is 0 Å². The Morgan fingerprint density at radius 2 is 2.33 bits per heavy atom. The first-order chi connectivity index (χ1) is 2.93. The molecule has 0 radical (unpaired) electrons. The summed E-state index contributed by atoms with van der Waals surface area (Å²) in [4.78, 5) is 0. The quantitative estimate of drug-likeness (QED) is 0.493. The van der Waals surface area contributed by atoms with Crippen LogP contribution in [0.3, 0.4) is 0 Å². The van der Waals surface area contributed by atoms with Crippen molar-refractivity contribution < 1.29 is 9.05 Å². The fraction of sp³-hybridized carbons (Fsp3) is 1.00. The first-order valence-electron chi connectivity index (χ1n) is 1.67. The summed E-state index contributed by atoms with van der Waals surface area (Å²) in [6, 6.07) is 0. The smallest absolute Gasteiger partial charge is 0.259 e. The molecule has 6 heavy (non-hydrogen) atoms. The summed E-state index contributed by atoms with van der Waals surface area (Å²) in [6.45, 7) is 0.465. The molecule has 1 fully saturated rings. The number of hydrogen-bond donors (Lipinski definition) is 1. The molecule has 4 heteroatoms. The Balaban J connectivity index is 2.01. The molecule has 1 aliphatic heterocycles. The van der Waals surface area contributed by atoms with Crippen LogP contribution >= 0.6 is 8.53 Å². The van der Waals surface area contributed by atoms with Crippen LogP contribution in [0.25, 0.3) is 0 Å². The Bertz CT molecular complexity index is 44.1. The van der Waals surface area contributed by atoms with Crippen LogP contribution in [0.2, 0.25) is 0 Å². The third kappa shape index (κ3) is 0.684. The van der Waals surface area contributed by atoms with Crippen molar-refractivity contribution in [1.29, 1.82) is 0 Å². The molecule has 0 spiro atoms. The molecule has 0 amide bonds. The molecule has 1 saturated heterocycles. The summed E-state index contributed by atoms with van der Waals surface area (Å²) in [5.74, 6) is 0. The van der Waals surface area contributed by atoms with E-state index in [1.54, 1.807) is 0 Å². The van der Waals surface area contributed by atoms with E-state index in [0.717, 1.165) is 0 Å². The van der Waals surface area contributed by atoms with Crippen molar-refractivity contribution in [3.05, 3.63) is 0 Å². The summed E-state index contributed by atoms with van der Waals surface area (Å²) in [5, 5.41) is 2.82. The minimum atomic E-state index is -0.646. The highest BCUT2D eigenvalue weighted by atomic mass is 31.2. The third-order valence-electron chi connectivity index (χ3n) is 0.522. The maximum absolute atomic E-state index is 4.81. The zero-order chi connectivity index (χ0) is 4.41. The molecule has 0 unspecified atom stereocenters. The summed E-state index contributed by atoms with van der Waals surface area (Å²) in [6.07, 6.45) is 0. The molecular weight excluding hydrogens is 101 g/mol. The molecule has 3 nitrogen and oxygen atoms in total. The van der Waals surface area contributed by atoms with Gasteiger partial charge in [0.25, 0.3) is 8.53 Å². The van der Waals surface area contributed by atoms with E-state index in [4.69, 9.17) is 9.05 Å². The summed E-state index contributed by atoms with van der Waals surface area (Å²) < 4.78 is 9.62. The first kappa shape index (κ1) is 4.47. The predicted octanol–water partition coefficient (Wildman–Crippen LogP) is 0.437. The highest BCUT2D eigenvalue weighted by Gasteiger charge is 2.16. The van der Waals surface area contributed by atoms with Gasteiger partial charge in [0.2, 0.25) is 0 Å². The molecule has 0 aromatic carbocycles. The molecule has 0 atom stereocenters. The maximum Gasteiger partial charge on any atom is 0.259 e. The maximum atomic E-state index is 4.81. The minimum absolute atomic E-state index is 0.465. The third-order valence-corrected chi connectivity index (χ3v) is 1.57. The van der Waals surface area contributed by atoms with Crippen molar-refractivity contribution in [3.63, 3.8) is 0 Å². The Kier molecular flexibility index (Phi) is 1.37. The highest BCUT2D eigenvalue weighted by Crippen LogP contribution is 2.40. The van der Waals surface area contributed by atoms with E-state index in [0.29, 0.717) is 6.79 Å². The van der Waals surface area contributed by atoms with Gasteiger partial charge in [0.05, 0.1) is 0 Å². The predicted molar refractivity (Wildman–Crippen MR) is 23.0 cm³/mol. The van der Waals surface area contributed by atoms with Crippen LogP contribution in [0, 0.1) is 0 Å². The molecule has 0 aromatic rings. The molecule has 0 aliphatic carbocycles. The summed E-state index contributed by atoms with van der Waals surface area (Å²) in [7, 11) is 1.16. The van der Waals surface area contributed by atoms with Crippen LogP contribution in [0.1, 0.15) is 0 Å². The molecular formula is C2H6NO2P. The van der Waals surface area contributed by atoms with Crippen molar-refractivity contribution >= 4 is 8.53 Å². The van der Waals surface area contributed by atoms with Crippen molar-refractivity contribution in [1.82, 2.24) is 5.09 Å². The van der Waals surface area contributed by atoms with Gasteiger partial charge in [-0.25, -0.2) is 0 Å². The topological polar surface area (TPSA) is 30.5 Å². The average molecular weight is 107 g/mol. The molecule has 1 N–H and O–H groups in total. The van der Waals surface area contributed by atoms with Gasteiger partial charge in [0.1, 0.15) is 0 Å². The van der Waals surface area contributed by atoms with Gasteiger partial charge in [-0.15, -0.1) is 0 Å². The van der Waals surface area contributed by atoms with Crippen LogP contribution in [0.15, 0.2) is 0 Å². The van der Waals surface area contributed by atoms with Gasteiger partial charge in [-0.05, 0) is 7.05 Å². The summed E-state index contributed by atoms with van der Waals surface area (Å²) in [5.41, 5.74) is 0. The van der Waals surface area contributed by atoms with E-state index in [1.165, 1.54) is 0 Å². The van der Waals surface area contributed by atoms with Crippen molar-refractivity contribution in [2.75, 3.05) is 13.8 Å². The zero-order valence-corrected chi connectivity index (χ0v) is 4.37. The van der Waals surface area contributed by atoms with E-state index < -0.39 is 8.53 Å². The standard InChI is InChI=1S/C2H6NO2P/c1-3-6-4-2-5-6/h3H,2H2,1H3. The monoisotopic (exact) mass is 107 g/mol. The molecule has 1 aliphatic rings. The second kappa shape index (κ2) is 1.85. The average Bonchev–Trinajstić information content (AvgIpc) is 1.31. The normalized spacial score (nSPS) is 23.5. The van der Waals surface area contributed by atoms with Gasteiger partial charge in [-0.1, -0.05) is 0 Å². The number of nitrogens with one attached hydrogen (secondary N) is 1. The number of rotatable bonds is 1. The lowest BCUT2D eigenvalue weighted by molar-refractivity contribution is 0.0343. The number of hydrogen-bond acceptors (Lipinski definition) is 3. The van der Waals surface area contributed by atoms with Gasteiger partial charge in [0.15, 0.2) is 6.79 Å². The Morgan fingerprint density at radius 3 is 2.33 bits per heavy atom. The Morgan fingerprint density at radius 1 is 1.67 bits per heavy atom. The van der Waals surface area contributed by atoms with Crippen LogP contribution < -0.4 is 5.09 Å². The lowest BCUT2D eigenvalue weighted by atomic mass is 11.5. The van der Waals surface area contributed by atoms with Gasteiger partial charge in [-0.2, -0.15) is 0 Å². The molecule has 0 saturated carbocycles. The first-order valence-corrected chi connectivity index (χ1v) is 2.84. The molecule has 36 valence electrons. The van der Waals surface area contributed by atoms with Gasteiger partial charge in [-0.3, -0.25) is 14.1 Å². The van der Waals surface area contributed by atoms with E-state index in [2.05, 4.69) is 5.09 Å². The fourth-order valence-electron chi connectivity index (χ4n) is 0.235. The van der Waals surface area contributed by atoms with Gasteiger partial charge >= 0.3 is 0 Å². The van der Waals surface area contributed by atoms with Gasteiger partial charge in [0, 0.05) is 0 Å². The van der Waals surface area contributed by atoms with E-state index >= 15 is 0 Å². The highest BCUT2D eigenvalue weighted by molar-refractivity contribution is 7.45. The largest absolute Gasteiger partial charge is 0.294 e. The van der Waals surface area contributed by atoms with Crippen LogP contribution in [0.5, 0.6) is 0 Å². The Hall–Kier alpha value is 0.310. The van der Waals surface area contributed by atoms with Crippen molar-refractivity contribution in [2.24, 2.45) is 0 Å². The molecule has 1 rings (SSSR count). The van der Waals surface area contributed by atoms with Crippen molar-refractivity contribution in [2.45, 2.75) is 0 Å². The SMILES string of the molecule is CNP1OCO1. The zero-order valence-electron chi connectivity index (χ0n) is 3.47. The Labute approximate surface area is 37.6 Å². The lowest BCUT2D eigenvalue weighted by Crippen LogP contribution is -2.14. The van der Waals surface area contributed by atoms with Crippen LogP contribution in [0.4, 0.5) is 0 Å². The van der Waals surface area contributed by atoms with Crippen LogP contribution in [-0.4, -0.2) is 13.8 Å². The molecule has 1 heterocycles. The fourth-order valence-corrected chi connectivity index (χ4v) is 0.704. The van der Waals surface area contributed by atoms with Crippen LogP contribution in [-0.2, 0) is 9.05 Å². The van der Waals surface area contributed by atoms with E-state index in [-0.39, 0.29) is 0 Å². The van der Waals surface area contributed by atoms with E-state index in [1.807, 2.05) is 7.05 Å². The second-order valence-corrected chi connectivity index (χ2v) is 2.33. The molecule has 0 aromatic heterocycles. The summed E-state index contributed by atoms with van der Waals surface area (Å²) >= 11 is 0. The second-order valence-electron chi connectivity index (χ2n) is 0.857.